The predicted octanol–water partition coefficient (Wildman–Crippen LogP) is 2.02. The first-order valence-corrected chi connectivity index (χ1v) is 6.36. The lowest BCUT2D eigenvalue weighted by atomic mass is 10.3. The molecule has 2 amide bonds. The number of carbonyl (C=O) groups excluding carboxylic acids is 1. The van der Waals surface area contributed by atoms with E-state index < -0.39 is 0 Å². The molecule has 2 heterocycles. The van der Waals surface area contributed by atoms with Crippen molar-refractivity contribution in [3.8, 4) is 5.75 Å². The Morgan fingerprint density at radius 1 is 1.35 bits per heavy atom. The van der Waals surface area contributed by atoms with Gasteiger partial charge in [0.05, 0.1) is 7.11 Å². The van der Waals surface area contributed by atoms with Gasteiger partial charge in [0, 0.05) is 31.2 Å². The first kappa shape index (κ1) is 13.9. The number of aromatic nitrogens is 2. The van der Waals surface area contributed by atoms with E-state index in [1.54, 1.807) is 13.2 Å². The number of aryl methyl sites for hydroxylation is 1. The van der Waals surface area contributed by atoms with Crippen LogP contribution in [-0.4, -0.2) is 29.2 Å². The van der Waals surface area contributed by atoms with Gasteiger partial charge in [-0.15, -0.1) is 0 Å². The first-order valence-electron chi connectivity index (χ1n) is 6.36. The van der Waals surface area contributed by atoms with Gasteiger partial charge in [-0.2, -0.15) is 0 Å². The maximum Gasteiger partial charge on any atom is 0.320 e. The minimum atomic E-state index is -0.298. The summed E-state index contributed by atoms with van der Waals surface area (Å²) in [6.45, 7) is 3.11. The second-order valence-corrected chi connectivity index (χ2v) is 4.31. The maximum atomic E-state index is 11.8. The van der Waals surface area contributed by atoms with Gasteiger partial charge in [-0.05, 0) is 31.2 Å². The average Bonchev–Trinajstić information content (AvgIpc) is 2.92. The van der Waals surface area contributed by atoms with Crippen LogP contribution in [0.3, 0.4) is 0 Å². The lowest BCUT2D eigenvalue weighted by Crippen LogP contribution is -2.31. The topological polar surface area (TPSA) is 68.2 Å². The molecule has 6 nitrogen and oxygen atoms in total. The number of rotatable bonds is 5. The SMILES string of the molecule is COc1ccc(C)nc1NC(=O)NCCn1cccc1. The second kappa shape index (κ2) is 6.60. The van der Waals surface area contributed by atoms with Gasteiger partial charge in [-0.25, -0.2) is 9.78 Å². The first-order chi connectivity index (χ1) is 9.69. The molecule has 0 aliphatic rings. The van der Waals surface area contributed by atoms with Crippen LogP contribution in [0.2, 0.25) is 0 Å². The minimum Gasteiger partial charge on any atom is -0.493 e. The van der Waals surface area contributed by atoms with Crippen LogP contribution in [-0.2, 0) is 6.54 Å². The van der Waals surface area contributed by atoms with Crippen LogP contribution in [0.25, 0.3) is 0 Å². The van der Waals surface area contributed by atoms with Crippen molar-refractivity contribution in [2.45, 2.75) is 13.5 Å². The molecule has 2 aromatic rings. The lowest BCUT2D eigenvalue weighted by molar-refractivity contribution is 0.251. The van der Waals surface area contributed by atoms with Crippen LogP contribution in [0.5, 0.6) is 5.75 Å². The average molecular weight is 274 g/mol. The third-order valence-electron chi connectivity index (χ3n) is 2.77. The van der Waals surface area contributed by atoms with E-state index in [0.29, 0.717) is 18.1 Å². The highest BCUT2D eigenvalue weighted by atomic mass is 16.5. The van der Waals surface area contributed by atoms with Crippen LogP contribution < -0.4 is 15.4 Å². The normalized spacial score (nSPS) is 10.1. The van der Waals surface area contributed by atoms with E-state index in [1.165, 1.54) is 0 Å². The molecule has 2 N–H and O–H groups in total. The standard InChI is InChI=1S/C14H18N4O2/c1-11-5-6-12(20-2)13(16-11)17-14(19)15-7-10-18-8-3-4-9-18/h3-6,8-9H,7,10H2,1-2H3,(H2,15,16,17,19). The monoisotopic (exact) mass is 274 g/mol. The van der Waals surface area contributed by atoms with Gasteiger partial charge in [0.2, 0.25) is 0 Å². The Morgan fingerprint density at radius 2 is 2.10 bits per heavy atom. The molecule has 0 aliphatic heterocycles. The van der Waals surface area contributed by atoms with E-state index in [9.17, 15) is 4.79 Å². The van der Waals surface area contributed by atoms with E-state index >= 15 is 0 Å². The third-order valence-corrected chi connectivity index (χ3v) is 2.77. The number of methoxy groups -OCH3 is 1. The molecule has 0 radical (unpaired) electrons. The van der Waals surface area contributed by atoms with Gasteiger partial charge in [-0.1, -0.05) is 0 Å². The molecule has 0 bridgehead atoms. The second-order valence-electron chi connectivity index (χ2n) is 4.31. The Balaban J connectivity index is 1.86. The molecule has 6 heteroatoms. The summed E-state index contributed by atoms with van der Waals surface area (Å²) in [4.78, 5) is 16.0. The highest BCUT2D eigenvalue weighted by Gasteiger charge is 2.08. The van der Waals surface area contributed by atoms with Crippen LogP contribution in [0.1, 0.15) is 5.69 Å². The number of nitrogens with zero attached hydrogens (tertiary/aromatic N) is 2. The Hall–Kier alpha value is -2.50. The lowest BCUT2D eigenvalue weighted by Gasteiger charge is -2.11. The van der Waals surface area contributed by atoms with E-state index in [-0.39, 0.29) is 6.03 Å². The summed E-state index contributed by atoms with van der Waals surface area (Å²) in [5, 5.41) is 5.46. The van der Waals surface area contributed by atoms with Crippen LogP contribution in [0, 0.1) is 6.92 Å². The van der Waals surface area contributed by atoms with E-state index in [0.717, 1.165) is 12.2 Å². The number of ether oxygens (including phenoxy) is 1. The summed E-state index contributed by atoms with van der Waals surface area (Å²) in [5.41, 5.74) is 0.813. The van der Waals surface area contributed by atoms with Gasteiger partial charge in [0.15, 0.2) is 11.6 Å². The molecule has 2 aromatic heterocycles. The molecule has 0 fully saturated rings. The molecule has 2 rings (SSSR count). The van der Waals surface area contributed by atoms with Gasteiger partial charge in [-0.3, -0.25) is 5.32 Å². The number of carbonyl (C=O) groups is 1. The number of pyridine rings is 1. The molecule has 0 atom stereocenters. The summed E-state index contributed by atoms with van der Waals surface area (Å²) in [6.07, 6.45) is 3.90. The van der Waals surface area contributed by atoms with Gasteiger partial charge >= 0.3 is 6.03 Å². The number of urea groups is 1. The molecule has 0 saturated carbocycles. The van der Waals surface area contributed by atoms with Crippen molar-refractivity contribution >= 4 is 11.8 Å². The smallest absolute Gasteiger partial charge is 0.320 e. The van der Waals surface area contributed by atoms with E-state index in [1.807, 2.05) is 42.1 Å². The number of hydrogen-bond acceptors (Lipinski definition) is 3. The summed E-state index contributed by atoms with van der Waals surface area (Å²) >= 11 is 0. The van der Waals surface area contributed by atoms with Crippen LogP contribution in [0.4, 0.5) is 10.6 Å². The molecule has 106 valence electrons. The summed E-state index contributed by atoms with van der Waals surface area (Å²) in [7, 11) is 1.54. The zero-order chi connectivity index (χ0) is 14.4. The molecule has 0 aromatic carbocycles. The van der Waals surface area contributed by atoms with Gasteiger partial charge in [0.25, 0.3) is 0 Å². The Kier molecular flexibility index (Phi) is 4.60. The molecular formula is C14H18N4O2. The van der Waals surface area contributed by atoms with Crippen LogP contribution >= 0.6 is 0 Å². The predicted molar refractivity (Wildman–Crippen MR) is 77.0 cm³/mol. The fraction of sp³-hybridized carbons (Fsp3) is 0.286. The van der Waals surface area contributed by atoms with Crippen molar-refractivity contribution < 1.29 is 9.53 Å². The van der Waals surface area contributed by atoms with E-state index in [4.69, 9.17) is 4.74 Å². The fourth-order valence-corrected chi connectivity index (χ4v) is 1.77. The largest absolute Gasteiger partial charge is 0.493 e. The number of nitrogens with one attached hydrogen (secondary N) is 2. The summed E-state index contributed by atoms with van der Waals surface area (Å²) < 4.78 is 7.15. The highest BCUT2D eigenvalue weighted by Crippen LogP contribution is 2.21. The molecule has 0 spiro atoms. The Bertz CT molecular complexity index is 567. The van der Waals surface area contributed by atoms with Gasteiger partial charge < -0.3 is 14.6 Å². The number of hydrogen-bond donors (Lipinski definition) is 2. The Labute approximate surface area is 117 Å². The minimum absolute atomic E-state index is 0.298. The van der Waals surface area contributed by atoms with Crippen molar-refractivity contribution in [2.75, 3.05) is 19.0 Å². The fourth-order valence-electron chi connectivity index (χ4n) is 1.77. The van der Waals surface area contributed by atoms with E-state index in [2.05, 4.69) is 15.6 Å². The molecule has 20 heavy (non-hydrogen) atoms. The van der Waals surface area contributed by atoms with Crippen molar-refractivity contribution in [3.63, 3.8) is 0 Å². The van der Waals surface area contributed by atoms with Crippen molar-refractivity contribution in [1.29, 1.82) is 0 Å². The molecule has 0 unspecified atom stereocenters. The number of amides is 2. The Morgan fingerprint density at radius 3 is 2.80 bits per heavy atom. The quantitative estimate of drug-likeness (QED) is 0.876. The number of anilines is 1. The zero-order valence-corrected chi connectivity index (χ0v) is 11.6. The van der Waals surface area contributed by atoms with Crippen LogP contribution in [0.15, 0.2) is 36.7 Å². The summed E-state index contributed by atoms with van der Waals surface area (Å²) in [6, 6.07) is 7.20. The molecule has 0 aliphatic carbocycles. The highest BCUT2D eigenvalue weighted by molar-refractivity contribution is 5.89. The summed E-state index contributed by atoms with van der Waals surface area (Å²) in [5.74, 6) is 0.960. The van der Waals surface area contributed by atoms with Crippen molar-refractivity contribution in [3.05, 3.63) is 42.4 Å². The zero-order valence-electron chi connectivity index (χ0n) is 11.6. The molecule has 0 saturated heterocycles. The third kappa shape index (κ3) is 3.74. The molecular weight excluding hydrogens is 256 g/mol. The van der Waals surface area contributed by atoms with Gasteiger partial charge in [0.1, 0.15) is 0 Å². The van der Waals surface area contributed by atoms with Crippen molar-refractivity contribution in [2.24, 2.45) is 0 Å². The van der Waals surface area contributed by atoms with Crippen molar-refractivity contribution in [1.82, 2.24) is 14.9 Å². The maximum absolute atomic E-state index is 11.8.